The van der Waals surface area contributed by atoms with Gasteiger partial charge in [0.25, 0.3) is 0 Å². The number of nitrogens with two attached hydrogens (primary N) is 1. The topological polar surface area (TPSA) is 79.6 Å². The molecule has 0 unspecified atom stereocenters. The van der Waals surface area contributed by atoms with Crippen LogP contribution in [0.25, 0.3) is 0 Å². The van der Waals surface area contributed by atoms with Crippen LogP contribution in [0.1, 0.15) is 25.7 Å². The number of hydrogen-bond acceptors (Lipinski definition) is 4. The molecule has 2 fully saturated rings. The summed E-state index contributed by atoms with van der Waals surface area (Å²) in [6.45, 7) is 1.01. The van der Waals surface area contributed by atoms with Crippen molar-refractivity contribution in [3.63, 3.8) is 0 Å². The van der Waals surface area contributed by atoms with E-state index >= 15 is 0 Å². The molecular weight excluding hydrogens is 178 g/mol. The molecule has 0 amide bonds. The number of nitrogens with one attached hydrogen (secondary N) is 2. The normalized spacial score (nSPS) is 23.4. The van der Waals surface area contributed by atoms with Gasteiger partial charge in [-0.25, -0.2) is 5.10 Å². The Kier molecular flexibility index (Phi) is 1.51. The third-order valence-corrected chi connectivity index (χ3v) is 3.44. The van der Waals surface area contributed by atoms with Crippen LogP contribution in [0, 0.1) is 11.3 Å². The van der Waals surface area contributed by atoms with E-state index in [9.17, 15) is 0 Å². The van der Waals surface area contributed by atoms with Crippen molar-refractivity contribution in [2.24, 2.45) is 11.3 Å². The molecule has 14 heavy (non-hydrogen) atoms. The Labute approximate surface area is 82.5 Å². The molecule has 0 aromatic carbocycles. The highest BCUT2D eigenvalue weighted by atomic mass is 15.3. The van der Waals surface area contributed by atoms with Crippen LogP contribution in [0.5, 0.6) is 0 Å². The van der Waals surface area contributed by atoms with Gasteiger partial charge in [-0.2, -0.15) is 4.98 Å². The molecule has 3 rings (SSSR count). The zero-order valence-electron chi connectivity index (χ0n) is 8.08. The summed E-state index contributed by atoms with van der Waals surface area (Å²) < 4.78 is 0. The van der Waals surface area contributed by atoms with E-state index in [4.69, 9.17) is 5.73 Å². The van der Waals surface area contributed by atoms with Crippen LogP contribution < -0.4 is 11.1 Å². The lowest BCUT2D eigenvalue weighted by atomic mass is 10.0. The van der Waals surface area contributed by atoms with E-state index in [0.29, 0.717) is 17.3 Å². The Bertz CT molecular complexity index is 337. The zero-order valence-corrected chi connectivity index (χ0v) is 8.08. The van der Waals surface area contributed by atoms with Crippen molar-refractivity contribution >= 4 is 11.9 Å². The molecule has 0 aliphatic heterocycles. The average Bonchev–Trinajstić information content (AvgIpc) is 3.03. The number of nitrogens with zero attached hydrogens (tertiary/aromatic N) is 2. The van der Waals surface area contributed by atoms with Crippen molar-refractivity contribution in [1.29, 1.82) is 0 Å². The second kappa shape index (κ2) is 2.62. The number of nitrogen functional groups attached to an aromatic ring is 1. The largest absolute Gasteiger partial charge is 0.368 e. The molecule has 0 bridgehead atoms. The maximum Gasteiger partial charge on any atom is 0.243 e. The molecule has 0 saturated heterocycles. The van der Waals surface area contributed by atoms with Crippen molar-refractivity contribution in [2.45, 2.75) is 25.7 Å². The van der Waals surface area contributed by atoms with Gasteiger partial charge in [0.05, 0.1) is 0 Å². The highest BCUT2D eigenvalue weighted by Gasteiger charge is 2.53. The van der Waals surface area contributed by atoms with Gasteiger partial charge in [0.2, 0.25) is 11.9 Å². The van der Waals surface area contributed by atoms with Gasteiger partial charge < -0.3 is 11.1 Å². The van der Waals surface area contributed by atoms with Crippen LogP contribution in [0.15, 0.2) is 0 Å². The highest BCUT2D eigenvalue weighted by Crippen LogP contribution is 2.61. The predicted octanol–water partition coefficient (Wildman–Crippen LogP) is 0.989. The summed E-state index contributed by atoms with van der Waals surface area (Å²) in [6.07, 6.45) is 5.56. The SMILES string of the molecule is Nc1nc(NCC2(C3CC3)CC2)n[nH]1. The van der Waals surface area contributed by atoms with Gasteiger partial charge >= 0.3 is 0 Å². The summed E-state index contributed by atoms with van der Waals surface area (Å²) in [5, 5.41) is 9.83. The van der Waals surface area contributed by atoms with Crippen molar-refractivity contribution in [3.05, 3.63) is 0 Å². The number of hydrogen-bond donors (Lipinski definition) is 3. The first kappa shape index (κ1) is 8.08. The molecule has 1 heterocycles. The Balaban J connectivity index is 1.59. The number of aromatic nitrogens is 3. The Morgan fingerprint density at radius 2 is 2.29 bits per heavy atom. The van der Waals surface area contributed by atoms with Gasteiger partial charge in [0, 0.05) is 6.54 Å². The maximum atomic E-state index is 5.44. The van der Waals surface area contributed by atoms with Gasteiger partial charge in [-0.15, -0.1) is 5.10 Å². The zero-order chi connectivity index (χ0) is 9.60. The van der Waals surface area contributed by atoms with E-state index in [2.05, 4.69) is 20.5 Å². The molecule has 0 radical (unpaired) electrons. The minimum Gasteiger partial charge on any atom is -0.368 e. The molecule has 2 saturated carbocycles. The fourth-order valence-corrected chi connectivity index (χ4v) is 2.19. The molecule has 1 aromatic heterocycles. The van der Waals surface area contributed by atoms with Crippen LogP contribution in [-0.2, 0) is 0 Å². The van der Waals surface area contributed by atoms with Gasteiger partial charge in [-0.3, -0.25) is 0 Å². The summed E-state index contributed by atoms with van der Waals surface area (Å²) >= 11 is 0. The van der Waals surface area contributed by atoms with Gasteiger partial charge in [-0.05, 0) is 37.0 Å². The lowest BCUT2D eigenvalue weighted by molar-refractivity contribution is 0.465. The predicted molar refractivity (Wildman–Crippen MR) is 53.7 cm³/mol. The Morgan fingerprint density at radius 3 is 2.79 bits per heavy atom. The van der Waals surface area contributed by atoms with Crippen LogP contribution in [0.2, 0.25) is 0 Å². The highest BCUT2D eigenvalue weighted by molar-refractivity contribution is 5.31. The standard InChI is InChI=1S/C9H15N5/c10-7-12-8(14-13-7)11-5-9(3-4-9)6-1-2-6/h6H,1-5H2,(H4,10,11,12,13,14). The number of rotatable bonds is 4. The Hall–Kier alpha value is -1.26. The summed E-state index contributed by atoms with van der Waals surface area (Å²) in [7, 11) is 0. The van der Waals surface area contributed by atoms with Crippen molar-refractivity contribution in [2.75, 3.05) is 17.6 Å². The van der Waals surface area contributed by atoms with E-state index in [1.165, 1.54) is 25.7 Å². The van der Waals surface area contributed by atoms with E-state index in [0.717, 1.165) is 12.5 Å². The second-order valence-corrected chi connectivity index (χ2v) is 4.53. The van der Waals surface area contributed by atoms with E-state index in [-0.39, 0.29) is 0 Å². The second-order valence-electron chi connectivity index (χ2n) is 4.53. The maximum absolute atomic E-state index is 5.44. The van der Waals surface area contributed by atoms with Gasteiger partial charge in [0.15, 0.2) is 0 Å². The molecule has 4 N–H and O–H groups in total. The third-order valence-electron chi connectivity index (χ3n) is 3.44. The number of aromatic amines is 1. The van der Waals surface area contributed by atoms with Crippen molar-refractivity contribution in [3.8, 4) is 0 Å². The van der Waals surface area contributed by atoms with Crippen LogP contribution in [0.3, 0.4) is 0 Å². The number of H-pyrrole nitrogens is 1. The molecule has 1 aromatic rings. The third kappa shape index (κ3) is 1.32. The summed E-state index contributed by atoms with van der Waals surface area (Å²) in [4.78, 5) is 4.02. The fraction of sp³-hybridized carbons (Fsp3) is 0.778. The van der Waals surface area contributed by atoms with Gasteiger partial charge in [0.1, 0.15) is 0 Å². The molecule has 5 heteroatoms. The smallest absolute Gasteiger partial charge is 0.243 e. The first-order valence-electron chi connectivity index (χ1n) is 5.20. The molecule has 0 atom stereocenters. The van der Waals surface area contributed by atoms with Crippen LogP contribution >= 0.6 is 0 Å². The molecule has 2 aliphatic rings. The minimum absolute atomic E-state index is 0.378. The van der Waals surface area contributed by atoms with Crippen LogP contribution in [-0.4, -0.2) is 21.7 Å². The lowest BCUT2D eigenvalue weighted by Gasteiger charge is -2.13. The summed E-state index contributed by atoms with van der Waals surface area (Å²) in [6, 6.07) is 0. The molecule has 5 nitrogen and oxygen atoms in total. The summed E-state index contributed by atoms with van der Waals surface area (Å²) in [5.74, 6) is 1.98. The quantitative estimate of drug-likeness (QED) is 0.666. The average molecular weight is 193 g/mol. The lowest BCUT2D eigenvalue weighted by Crippen LogP contribution is -2.17. The van der Waals surface area contributed by atoms with Gasteiger partial charge in [-0.1, -0.05) is 0 Å². The first-order chi connectivity index (χ1) is 6.78. The minimum atomic E-state index is 0.378. The van der Waals surface area contributed by atoms with E-state index in [1.54, 1.807) is 0 Å². The van der Waals surface area contributed by atoms with Crippen molar-refractivity contribution < 1.29 is 0 Å². The monoisotopic (exact) mass is 193 g/mol. The van der Waals surface area contributed by atoms with Crippen molar-refractivity contribution in [1.82, 2.24) is 15.2 Å². The number of anilines is 2. The van der Waals surface area contributed by atoms with E-state index in [1.807, 2.05) is 0 Å². The molecule has 2 aliphatic carbocycles. The first-order valence-corrected chi connectivity index (χ1v) is 5.20. The molecule has 76 valence electrons. The molecule has 0 spiro atoms. The fourth-order valence-electron chi connectivity index (χ4n) is 2.19. The molecular formula is C9H15N5. The Morgan fingerprint density at radius 1 is 1.50 bits per heavy atom. The summed E-state index contributed by atoms with van der Waals surface area (Å²) in [5.41, 5.74) is 6.02. The van der Waals surface area contributed by atoms with Crippen LogP contribution in [0.4, 0.5) is 11.9 Å². The van der Waals surface area contributed by atoms with E-state index < -0.39 is 0 Å².